The van der Waals surface area contributed by atoms with E-state index in [1.807, 2.05) is 0 Å². The van der Waals surface area contributed by atoms with Crippen molar-refractivity contribution in [1.29, 1.82) is 0 Å². The molecule has 0 spiro atoms. The van der Waals surface area contributed by atoms with Gasteiger partial charge in [-0.2, -0.15) is 0 Å². The molecule has 0 aliphatic rings. The van der Waals surface area contributed by atoms with Gasteiger partial charge in [0.1, 0.15) is 0 Å². The Morgan fingerprint density at radius 3 is 2.44 bits per heavy atom. The molecule has 0 bridgehead atoms. The maximum atomic E-state index is 12.1. The van der Waals surface area contributed by atoms with E-state index in [1.165, 1.54) is 12.1 Å². The summed E-state index contributed by atoms with van der Waals surface area (Å²) < 4.78 is 5.52. The van der Waals surface area contributed by atoms with E-state index < -0.39 is 11.8 Å². The largest absolute Gasteiger partial charge is 0.475 e. The van der Waals surface area contributed by atoms with Gasteiger partial charge in [0.05, 0.1) is 5.02 Å². The minimum Gasteiger partial charge on any atom is -0.475 e. The fourth-order valence-corrected chi connectivity index (χ4v) is 1.96. The number of carboxylic acids is 1. The van der Waals surface area contributed by atoms with Crippen molar-refractivity contribution in [3.8, 4) is 0 Å². The van der Waals surface area contributed by atoms with Crippen molar-refractivity contribution in [2.24, 2.45) is 0 Å². The van der Waals surface area contributed by atoms with Gasteiger partial charge in [-0.05, 0) is 40.2 Å². The van der Waals surface area contributed by atoms with Gasteiger partial charge >= 0.3 is 5.97 Å². The molecule has 1 aromatic carbocycles. The fourth-order valence-electron chi connectivity index (χ4n) is 1.39. The summed E-state index contributed by atoms with van der Waals surface area (Å²) in [5, 5.41) is 8.97. The second-order valence-corrected chi connectivity index (χ2v) is 4.63. The number of hydrogen-bond acceptors (Lipinski definition) is 3. The second-order valence-electron chi connectivity index (χ2n) is 3.40. The van der Waals surface area contributed by atoms with Crippen LogP contribution in [0.3, 0.4) is 0 Å². The average Bonchev–Trinajstić information content (AvgIpc) is 2.81. The van der Waals surface area contributed by atoms with Crippen LogP contribution in [-0.2, 0) is 0 Å². The molecular weight excluding hydrogens is 323 g/mol. The third-order valence-electron chi connectivity index (χ3n) is 2.24. The highest BCUT2D eigenvalue weighted by Gasteiger charge is 2.19. The minimum absolute atomic E-state index is 0.0626. The van der Waals surface area contributed by atoms with Crippen LogP contribution in [0.1, 0.15) is 26.7 Å². The molecule has 1 aromatic heterocycles. The van der Waals surface area contributed by atoms with Crippen LogP contribution in [0.15, 0.2) is 39.2 Å². The number of carboxylic acid groups (broad SMARTS) is 1. The van der Waals surface area contributed by atoms with E-state index in [0.717, 1.165) is 0 Å². The topological polar surface area (TPSA) is 67.5 Å². The molecule has 92 valence electrons. The molecule has 2 rings (SSSR count). The van der Waals surface area contributed by atoms with Crippen molar-refractivity contribution >= 4 is 39.3 Å². The predicted octanol–water partition coefficient (Wildman–Crippen LogP) is 3.62. The molecule has 18 heavy (non-hydrogen) atoms. The zero-order chi connectivity index (χ0) is 13.3. The van der Waals surface area contributed by atoms with E-state index in [0.29, 0.717) is 4.47 Å². The molecule has 0 atom stereocenters. The molecule has 4 nitrogen and oxygen atoms in total. The first-order valence-electron chi connectivity index (χ1n) is 4.82. The summed E-state index contributed by atoms with van der Waals surface area (Å²) in [5.41, 5.74) is 0.248. The number of benzene rings is 1. The summed E-state index contributed by atoms with van der Waals surface area (Å²) >= 11 is 9.19. The number of halogens is 2. The Balaban J connectivity index is 2.41. The molecule has 1 heterocycles. The zero-order valence-corrected chi connectivity index (χ0v) is 11.2. The summed E-state index contributed by atoms with van der Waals surface area (Å²) in [7, 11) is 0. The Bertz CT molecular complexity index is 633. The van der Waals surface area contributed by atoms with Gasteiger partial charge in [0.2, 0.25) is 11.5 Å². The van der Waals surface area contributed by atoms with Crippen LogP contribution in [-0.4, -0.2) is 16.9 Å². The van der Waals surface area contributed by atoms with E-state index in [-0.39, 0.29) is 22.1 Å². The Morgan fingerprint density at radius 2 is 1.83 bits per heavy atom. The number of hydrogen-bond donors (Lipinski definition) is 1. The van der Waals surface area contributed by atoms with Crippen LogP contribution >= 0.6 is 27.5 Å². The Kier molecular flexibility index (Phi) is 3.54. The van der Waals surface area contributed by atoms with Gasteiger partial charge in [-0.25, -0.2) is 4.79 Å². The number of carbonyl (C=O) groups excluding carboxylic acids is 1. The molecule has 0 amide bonds. The van der Waals surface area contributed by atoms with E-state index in [2.05, 4.69) is 15.9 Å². The van der Waals surface area contributed by atoms with Gasteiger partial charge in [-0.1, -0.05) is 17.7 Å². The maximum Gasteiger partial charge on any atom is 0.371 e. The molecule has 0 saturated heterocycles. The van der Waals surface area contributed by atoms with Crippen LogP contribution in [0.5, 0.6) is 0 Å². The lowest BCUT2D eigenvalue weighted by molar-refractivity contribution is 0.0660. The minimum atomic E-state index is -1.23. The van der Waals surface area contributed by atoms with Crippen molar-refractivity contribution in [3.63, 3.8) is 0 Å². The van der Waals surface area contributed by atoms with Crippen molar-refractivity contribution in [1.82, 2.24) is 0 Å². The first-order chi connectivity index (χ1) is 8.50. The monoisotopic (exact) mass is 328 g/mol. The van der Waals surface area contributed by atoms with Crippen molar-refractivity contribution in [2.45, 2.75) is 0 Å². The molecule has 1 N–H and O–H groups in total. The highest BCUT2D eigenvalue weighted by atomic mass is 79.9. The summed E-state index contributed by atoms with van der Waals surface area (Å²) in [6, 6.07) is 7.43. The van der Waals surface area contributed by atoms with E-state index >= 15 is 0 Å². The quantitative estimate of drug-likeness (QED) is 0.873. The SMILES string of the molecule is O=C(O)c1ccc(C(=O)c2cccc(Br)c2Cl)o1. The molecule has 0 radical (unpaired) electrons. The molecule has 6 heteroatoms. The van der Waals surface area contributed by atoms with Gasteiger partial charge in [0, 0.05) is 10.0 Å². The normalized spacial score (nSPS) is 10.3. The summed E-state index contributed by atoms with van der Waals surface area (Å²) in [6.07, 6.45) is 0. The molecule has 0 saturated carbocycles. The third kappa shape index (κ3) is 2.32. The highest BCUT2D eigenvalue weighted by Crippen LogP contribution is 2.28. The smallest absolute Gasteiger partial charge is 0.371 e. The van der Waals surface area contributed by atoms with Crippen molar-refractivity contribution in [2.75, 3.05) is 0 Å². The van der Waals surface area contributed by atoms with Gasteiger partial charge < -0.3 is 9.52 Å². The van der Waals surface area contributed by atoms with Crippen LogP contribution in [0, 0.1) is 0 Å². The van der Waals surface area contributed by atoms with Crippen molar-refractivity contribution in [3.05, 3.63) is 56.9 Å². The molecule has 0 aliphatic carbocycles. The van der Waals surface area contributed by atoms with Crippen LogP contribution in [0.25, 0.3) is 0 Å². The molecular formula is C12H6BrClO4. The summed E-state index contributed by atoms with van der Waals surface area (Å²) in [6.45, 7) is 0. The fraction of sp³-hybridized carbons (Fsp3) is 0. The van der Waals surface area contributed by atoms with Crippen LogP contribution in [0.4, 0.5) is 0 Å². The Morgan fingerprint density at radius 1 is 1.17 bits per heavy atom. The Hall–Kier alpha value is -1.59. The van der Waals surface area contributed by atoms with E-state index in [4.69, 9.17) is 21.1 Å². The molecule has 0 aliphatic heterocycles. The second kappa shape index (κ2) is 4.96. The lowest BCUT2D eigenvalue weighted by Crippen LogP contribution is -2.01. The average molecular weight is 330 g/mol. The first kappa shape index (κ1) is 12.9. The lowest BCUT2D eigenvalue weighted by Gasteiger charge is -2.02. The van der Waals surface area contributed by atoms with E-state index in [9.17, 15) is 9.59 Å². The third-order valence-corrected chi connectivity index (χ3v) is 3.53. The number of furan rings is 1. The number of rotatable bonds is 3. The van der Waals surface area contributed by atoms with Crippen LogP contribution in [0.2, 0.25) is 5.02 Å². The Labute approximate surface area is 115 Å². The summed E-state index contributed by atoms with van der Waals surface area (Å²) in [4.78, 5) is 22.7. The maximum absolute atomic E-state index is 12.1. The molecule has 2 aromatic rings. The van der Waals surface area contributed by atoms with Gasteiger partial charge in [-0.3, -0.25) is 4.79 Å². The van der Waals surface area contributed by atoms with Crippen molar-refractivity contribution < 1.29 is 19.1 Å². The number of aromatic carboxylic acids is 1. The molecule has 0 unspecified atom stereocenters. The van der Waals surface area contributed by atoms with Gasteiger partial charge in [0.25, 0.3) is 0 Å². The first-order valence-corrected chi connectivity index (χ1v) is 5.99. The highest BCUT2D eigenvalue weighted by molar-refractivity contribution is 9.10. The predicted molar refractivity (Wildman–Crippen MR) is 68.3 cm³/mol. The standard InChI is InChI=1S/C12H6BrClO4/c13-7-3-1-2-6(10(7)14)11(15)8-4-5-9(18-8)12(16)17/h1-5H,(H,16,17). The lowest BCUT2D eigenvalue weighted by atomic mass is 10.1. The van der Waals surface area contributed by atoms with Gasteiger partial charge in [0.15, 0.2) is 5.76 Å². The zero-order valence-electron chi connectivity index (χ0n) is 8.81. The van der Waals surface area contributed by atoms with Crippen LogP contribution < -0.4 is 0 Å². The van der Waals surface area contributed by atoms with Gasteiger partial charge in [-0.15, -0.1) is 0 Å². The van der Waals surface area contributed by atoms with E-state index in [1.54, 1.807) is 18.2 Å². The summed E-state index contributed by atoms with van der Waals surface area (Å²) in [5.74, 6) is -2.04. The number of ketones is 1. The number of carbonyl (C=O) groups is 2. The molecule has 0 fully saturated rings.